The van der Waals surface area contributed by atoms with Crippen LogP contribution in [0.25, 0.3) is 0 Å². The SMILES string of the molecule is CC.CCN1CCC(C(C)C)C(F)(F)C1. The van der Waals surface area contributed by atoms with Gasteiger partial charge in [0.15, 0.2) is 0 Å². The smallest absolute Gasteiger partial charge is 0.263 e. The second-order valence-electron chi connectivity index (χ2n) is 4.27. The first-order valence-corrected chi connectivity index (χ1v) is 6.07. The van der Waals surface area contributed by atoms with Crippen molar-refractivity contribution in [1.29, 1.82) is 0 Å². The Morgan fingerprint density at radius 3 is 2.20 bits per heavy atom. The summed E-state index contributed by atoms with van der Waals surface area (Å²) in [6.07, 6.45) is 0.637. The van der Waals surface area contributed by atoms with E-state index < -0.39 is 11.8 Å². The third-order valence-corrected chi connectivity index (χ3v) is 2.99. The summed E-state index contributed by atoms with van der Waals surface area (Å²) in [5.74, 6) is -2.81. The molecule has 0 aliphatic carbocycles. The highest BCUT2D eigenvalue weighted by Crippen LogP contribution is 2.37. The third kappa shape index (κ3) is 4.06. The Morgan fingerprint density at radius 2 is 1.87 bits per heavy atom. The lowest BCUT2D eigenvalue weighted by atomic mass is 9.83. The van der Waals surface area contributed by atoms with Crippen molar-refractivity contribution in [3.63, 3.8) is 0 Å². The quantitative estimate of drug-likeness (QED) is 0.688. The van der Waals surface area contributed by atoms with Crippen molar-refractivity contribution in [2.75, 3.05) is 19.6 Å². The van der Waals surface area contributed by atoms with Crippen LogP contribution in [0.3, 0.4) is 0 Å². The van der Waals surface area contributed by atoms with Gasteiger partial charge in [-0.05, 0) is 25.4 Å². The minimum atomic E-state index is -2.48. The molecule has 0 radical (unpaired) electrons. The summed E-state index contributed by atoms with van der Waals surface area (Å²) in [6, 6.07) is 0. The second-order valence-corrected chi connectivity index (χ2v) is 4.27. The zero-order valence-electron chi connectivity index (χ0n) is 10.7. The van der Waals surface area contributed by atoms with Gasteiger partial charge in [-0.2, -0.15) is 0 Å². The van der Waals surface area contributed by atoms with Gasteiger partial charge in [0, 0.05) is 5.92 Å². The number of alkyl halides is 2. The molecule has 3 heteroatoms. The summed E-state index contributed by atoms with van der Waals surface area (Å²) >= 11 is 0. The third-order valence-electron chi connectivity index (χ3n) is 2.99. The molecule has 1 aliphatic heterocycles. The predicted octanol–water partition coefficient (Wildman–Crippen LogP) is 3.65. The van der Waals surface area contributed by atoms with Gasteiger partial charge in [-0.25, -0.2) is 8.78 Å². The largest absolute Gasteiger partial charge is 0.298 e. The molecular formula is C12H25F2N. The molecule has 1 fully saturated rings. The van der Waals surface area contributed by atoms with E-state index >= 15 is 0 Å². The Kier molecular flexibility index (Phi) is 6.34. The van der Waals surface area contributed by atoms with E-state index in [1.807, 2.05) is 39.5 Å². The van der Waals surface area contributed by atoms with E-state index in [0.29, 0.717) is 6.42 Å². The Bertz CT molecular complexity index is 169. The van der Waals surface area contributed by atoms with Crippen molar-refractivity contribution in [1.82, 2.24) is 4.90 Å². The molecule has 1 atom stereocenters. The van der Waals surface area contributed by atoms with E-state index in [0.717, 1.165) is 13.1 Å². The van der Waals surface area contributed by atoms with E-state index in [2.05, 4.69) is 0 Å². The molecule has 0 bridgehead atoms. The summed E-state index contributed by atoms with van der Waals surface area (Å²) in [5, 5.41) is 0. The molecule has 0 amide bonds. The van der Waals surface area contributed by atoms with Gasteiger partial charge in [0.05, 0.1) is 6.54 Å². The minimum absolute atomic E-state index is 0.0493. The van der Waals surface area contributed by atoms with Crippen LogP contribution >= 0.6 is 0 Å². The van der Waals surface area contributed by atoms with Crippen molar-refractivity contribution in [3.05, 3.63) is 0 Å². The fraction of sp³-hybridized carbons (Fsp3) is 1.00. The van der Waals surface area contributed by atoms with Crippen LogP contribution in [-0.4, -0.2) is 30.5 Å². The van der Waals surface area contributed by atoms with E-state index in [-0.39, 0.29) is 12.5 Å². The number of hydrogen-bond acceptors (Lipinski definition) is 1. The Hall–Kier alpha value is -0.180. The molecule has 1 aliphatic rings. The summed E-state index contributed by atoms with van der Waals surface area (Å²) < 4.78 is 27.0. The topological polar surface area (TPSA) is 3.24 Å². The van der Waals surface area contributed by atoms with Gasteiger partial charge in [0.1, 0.15) is 0 Å². The van der Waals surface area contributed by atoms with E-state index in [9.17, 15) is 8.78 Å². The molecule has 0 saturated carbocycles. The number of likely N-dealkylation sites (tertiary alicyclic amines) is 1. The molecule has 92 valence electrons. The molecule has 0 aromatic rings. The summed E-state index contributed by atoms with van der Waals surface area (Å²) in [6.45, 7) is 11.2. The average molecular weight is 221 g/mol. The maximum absolute atomic E-state index is 13.5. The first-order chi connectivity index (χ1) is 6.97. The maximum atomic E-state index is 13.5. The molecule has 0 spiro atoms. The van der Waals surface area contributed by atoms with Gasteiger partial charge in [-0.3, -0.25) is 4.90 Å². The molecule has 1 heterocycles. The highest BCUT2D eigenvalue weighted by molar-refractivity contribution is 4.87. The second kappa shape index (κ2) is 6.41. The monoisotopic (exact) mass is 221 g/mol. The number of rotatable bonds is 2. The standard InChI is InChI=1S/C10H19F2N.C2H6/c1-4-13-6-5-9(8(2)3)10(11,12)7-13;1-2/h8-9H,4-7H2,1-3H3;1-2H3. The molecule has 15 heavy (non-hydrogen) atoms. The maximum Gasteiger partial charge on any atom is 0.263 e. The van der Waals surface area contributed by atoms with Crippen LogP contribution in [0, 0.1) is 11.8 Å². The van der Waals surface area contributed by atoms with Crippen LogP contribution in [0.5, 0.6) is 0 Å². The fourth-order valence-corrected chi connectivity index (χ4v) is 2.12. The van der Waals surface area contributed by atoms with Gasteiger partial charge in [0.25, 0.3) is 5.92 Å². The van der Waals surface area contributed by atoms with Crippen molar-refractivity contribution >= 4 is 0 Å². The molecule has 1 saturated heterocycles. The Balaban J connectivity index is 0.000000921. The number of piperidine rings is 1. The number of hydrogen-bond donors (Lipinski definition) is 0. The predicted molar refractivity (Wildman–Crippen MR) is 61.4 cm³/mol. The molecular weight excluding hydrogens is 196 g/mol. The van der Waals surface area contributed by atoms with Crippen molar-refractivity contribution in [2.45, 2.75) is 47.0 Å². The van der Waals surface area contributed by atoms with Crippen LogP contribution in [0.2, 0.25) is 0 Å². The van der Waals surface area contributed by atoms with E-state index in [1.54, 1.807) is 0 Å². The number of nitrogens with zero attached hydrogens (tertiary/aromatic N) is 1. The van der Waals surface area contributed by atoms with Crippen molar-refractivity contribution in [3.8, 4) is 0 Å². The van der Waals surface area contributed by atoms with Crippen LogP contribution in [0.4, 0.5) is 8.78 Å². The number of halogens is 2. The zero-order valence-corrected chi connectivity index (χ0v) is 10.7. The summed E-state index contributed by atoms with van der Waals surface area (Å²) in [7, 11) is 0. The lowest BCUT2D eigenvalue weighted by molar-refractivity contribution is -0.124. The van der Waals surface area contributed by atoms with Gasteiger partial charge >= 0.3 is 0 Å². The van der Waals surface area contributed by atoms with Gasteiger partial charge in [-0.1, -0.05) is 34.6 Å². The normalized spacial score (nSPS) is 26.0. The van der Waals surface area contributed by atoms with Crippen LogP contribution in [0.15, 0.2) is 0 Å². The molecule has 0 aromatic heterocycles. The first kappa shape index (κ1) is 14.8. The summed E-state index contributed by atoms with van der Waals surface area (Å²) in [5.41, 5.74) is 0. The lowest BCUT2D eigenvalue weighted by Crippen LogP contribution is -2.49. The average Bonchev–Trinajstić information content (AvgIpc) is 2.18. The Labute approximate surface area is 92.8 Å². The molecule has 1 nitrogen and oxygen atoms in total. The molecule has 1 rings (SSSR count). The summed E-state index contributed by atoms with van der Waals surface area (Å²) in [4.78, 5) is 1.83. The van der Waals surface area contributed by atoms with Crippen molar-refractivity contribution in [2.24, 2.45) is 11.8 Å². The van der Waals surface area contributed by atoms with E-state index in [4.69, 9.17) is 0 Å². The van der Waals surface area contributed by atoms with Crippen LogP contribution < -0.4 is 0 Å². The van der Waals surface area contributed by atoms with Crippen LogP contribution in [0.1, 0.15) is 41.0 Å². The molecule has 0 aromatic carbocycles. The van der Waals surface area contributed by atoms with E-state index in [1.165, 1.54) is 0 Å². The molecule has 0 N–H and O–H groups in total. The zero-order chi connectivity index (χ0) is 12.1. The minimum Gasteiger partial charge on any atom is -0.298 e. The highest BCUT2D eigenvalue weighted by atomic mass is 19.3. The Morgan fingerprint density at radius 1 is 1.33 bits per heavy atom. The van der Waals surface area contributed by atoms with Gasteiger partial charge < -0.3 is 0 Å². The van der Waals surface area contributed by atoms with Crippen LogP contribution in [-0.2, 0) is 0 Å². The highest BCUT2D eigenvalue weighted by Gasteiger charge is 2.45. The van der Waals surface area contributed by atoms with Gasteiger partial charge in [0.2, 0.25) is 0 Å². The first-order valence-electron chi connectivity index (χ1n) is 6.07. The van der Waals surface area contributed by atoms with Crippen molar-refractivity contribution < 1.29 is 8.78 Å². The lowest BCUT2D eigenvalue weighted by Gasteiger charge is -2.39. The molecule has 1 unspecified atom stereocenters. The fourth-order valence-electron chi connectivity index (χ4n) is 2.12. The van der Waals surface area contributed by atoms with Gasteiger partial charge in [-0.15, -0.1) is 0 Å².